The smallest absolute Gasteiger partial charge is 0.241 e. The zero-order chi connectivity index (χ0) is 13.2. The molecular formula is C13H19FN2O. The normalized spacial score (nSPS) is 13.3. The third-order valence-corrected chi connectivity index (χ3v) is 2.60. The highest BCUT2D eigenvalue weighted by Gasteiger charge is 2.27. The molecule has 0 radical (unpaired) electrons. The highest BCUT2D eigenvalue weighted by molar-refractivity contribution is 5.95. The van der Waals surface area contributed by atoms with E-state index in [0.29, 0.717) is 0 Å². The monoisotopic (exact) mass is 238 g/mol. The van der Waals surface area contributed by atoms with Crippen LogP contribution >= 0.6 is 0 Å². The molecule has 1 amide bonds. The first-order valence-electron chi connectivity index (χ1n) is 5.54. The molecule has 0 aliphatic rings. The molecule has 4 heteroatoms. The van der Waals surface area contributed by atoms with E-state index >= 15 is 0 Å². The minimum absolute atomic E-state index is 0.167. The van der Waals surface area contributed by atoms with E-state index in [0.717, 1.165) is 5.56 Å². The van der Waals surface area contributed by atoms with Gasteiger partial charge in [-0.1, -0.05) is 26.8 Å². The molecule has 3 nitrogen and oxygen atoms in total. The maximum atomic E-state index is 13.5. The van der Waals surface area contributed by atoms with Crippen LogP contribution in [0.4, 0.5) is 10.1 Å². The minimum Gasteiger partial charge on any atom is -0.322 e. The molecule has 0 spiro atoms. The summed E-state index contributed by atoms with van der Waals surface area (Å²) in [6, 6.07) is 3.97. The second-order valence-electron chi connectivity index (χ2n) is 5.32. The Labute approximate surface area is 101 Å². The van der Waals surface area contributed by atoms with Gasteiger partial charge in [-0.25, -0.2) is 4.39 Å². The standard InChI is InChI=1S/C13H19FN2O/c1-8-5-6-10(9(14)7-8)16-12(17)11(15)13(2,3)4/h5-7,11H,15H2,1-4H3,(H,16,17)/t11-/m1/s1. The first-order chi connectivity index (χ1) is 7.71. The Morgan fingerprint density at radius 1 is 1.41 bits per heavy atom. The largest absolute Gasteiger partial charge is 0.322 e. The van der Waals surface area contributed by atoms with E-state index in [1.54, 1.807) is 13.0 Å². The number of halogens is 1. The number of hydrogen-bond donors (Lipinski definition) is 2. The molecule has 0 aromatic heterocycles. The Morgan fingerprint density at radius 2 is 2.00 bits per heavy atom. The van der Waals surface area contributed by atoms with Crippen molar-refractivity contribution in [1.82, 2.24) is 0 Å². The molecule has 0 fully saturated rings. The average Bonchev–Trinajstić information content (AvgIpc) is 2.19. The molecule has 0 bridgehead atoms. The van der Waals surface area contributed by atoms with E-state index in [9.17, 15) is 9.18 Å². The molecule has 0 unspecified atom stereocenters. The van der Waals surface area contributed by atoms with Crippen LogP contribution in [0.2, 0.25) is 0 Å². The molecule has 0 saturated carbocycles. The van der Waals surface area contributed by atoms with Crippen molar-refractivity contribution in [3.8, 4) is 0 Å². The van der Waals surface area contributed by atoms with Crippen molar-refractivity contribution in [2.45, 2.75) is 33.7 Å². The van der Waals surface area contributed by atoms with E-state index in [2.05, 4.69) is 5.32 Å². The zero-order valence-electron chi connectivity index (χ0n) is 10.7. The lowest BCUT2D eigenvalue weighted by Gasteiger charge is -2.25. The van der Waals surface area contributed by atoms with Gasteiger partial charge in [0.1, 0.15) is 5.82 Å². The number of carbonyl (C=O) groups is 1. The number of carbonyl (C=O) groups excluding carboxylic acids is 1. The van der Waals surface area contributed by atoms with E-state index in [-0.39, 0.29) is 17.0 Å². The Balaban J connectivity index is 2.82. The third kappa shape index (κ3) is 3.53. The second-order valence-corrected chi connectivity index (χ2v) is 5.32. The number of hydrogen-bond acceptors (Lipinski definition) is 2. The summed E-state index contributed by atoms with van der Waals surface area (Å²) in [5.74, 6) is -0.820. The van der Waals surface area contributed by atoms with Crippen LogP contribution in [-0.4, -0.2) is 11.9 Å². The summed E-state index contributed by atoms with van der Waals surface area (Å²) >= 11 is 0. The number of aryl methyl sites for hydroxylation is 1. The molecule has 94 valence electrons. The summed E-state index contributed by atoms with van der Waals surface area (Å²) < 4.78 is 13.5. The Hall–Kier alpha value is -1.42. The first kappa shape index (κ1) is 13.6. The van der Waals surface area contributed by atoms with Gasteiger partial charge in [-0.15, -0.1) is 0 Å². The van der Waals surface area contributed by atoms with Crippen LogP contribution in [0, 0.1) is 18.2 Å². The number of anilines is 1. The highest BCUT2D eigenvalue weighted by Crippen LogP contribution is 2.20. The van der Waals surface area contributed by atoms with Crippen molar-refractivity contribution in [2.24, 2.45) is 11.1 Å². The molecular weight excluding hydrogens is 219 g/mol. The quantitative estimate of drug-likeness (QED) is 0.831. The molecule has 0 aliphatic heterocycles. The molecule has 1 aromatic rings. The molecule has 1 aromatic carbocycles. The van der Waals surface area contributed by atoms with Gasteiger partial charge in [-0.3, -0.25) is 4.79 Å². The first-order valence-corrected chi connectivity index (χ1v) is 5.54. The van der Waals surface area contributed by atoms with Crippen molar-refractivity contribution >= 4 is 11.6 Å². The summed E-state index contributed by atoms with van der Waals surface area (Å²) in [6.07, 6.45) is 0. The summed E-state index contributed by atoms with van der Waals surface area (Å²) in [5, 5.41) is 2.50. The van der Waals surface area contributed by atoms with Crippen LogP contribution in [0.25, 0.3) is 0 Å². The molecule has 0 heterocycles. The summed E-state index contributed by atoms with van der Waals surface area (Å²) in [7, 11) is 0. The van der Waals surface area contributed by atoms with Crippen LogP contribution in [0.5, 0.6) is 0 Å². The van der Waals surface area contributed by atoms with Gasteiger partial charge in [-0.05, 0) is 30.0 Å². The lowest BCUT2D eigenvalue weighted by molar-refractivity contribution is -0.119. The van der Waals surface area contributed by atoms with Crippen LogP contribution in [0.3, 0.4) is 0 Å². The maximum Gasteiger partial charge on any atom is 0.241 e. The van der Waals surface area contributed by atoms with Crippen LogP contribution in [0.15, 0.2) is 18.2 Å². The molecule has 17 heavy (non-hydrogen) atoms. The Kier molecular flexibility index (Phi) is 3.88. The van der Waals surface area contributed by atoms with Crippen molar-refractivity contribution in [2.75, 3.05) is 5.32 Å². The third-order valence-electron chi connectivity index (χ3n) is 2.60. The van der Waals surface area contributed by atoms with Crippen molar-refractivity contribution in [3.63, 3.8) is 0 Å². The maximum absolute atomic E-state index is 13.5. The van der Waals surface area contributed by atoms with E-state index < -0.39 is 11.9 Å². The fraction of sp³-hybridized carbons (Fsp3) is 0.462. The van der Waals surface area contributed by atoms with E-state index in [4.69, 9.17) is 5.73 Å². The fourth-order valence-electron chi connectivity index (χ4n) is 1.33. The number of rotatable bonds is 2. The van der Waals surface area contributed by atoms with E-state index in [1.165, 1.54) is 12.1 Å². The van der Waals surface area contributed by atoms with Crippen LogP contribution in [0.1, 0.15) is 26.3 Å². The summed E-state index contributed by atoms with van der Waals surface area (Å²) in [5.41, 5.74) is 6.40. The summed E-state index contributed by atoms with van der Waals surface area (Å²) in [6.45, 7) is 7.38. The molecule has 1 atom stereocenters. The Morgan fingerprint density at radius 3 is 2.47 bits per heavy atom. The minimum atomic E-state index is -0.678. The SMILES string of the molecule is Cc1ccc(NC(=O)[C@@H](N)C(C)(C)C)c(F)c1. The highest BCUT2D eigenvalue weighted by atomic mass is 19.1. The number of benzene rings is 1. The van der Waals surface area contributed by atoms with Crippen molar-refractivity contribution in [1.29, 1.82) is 0 Å². The lowest BCUT2D eigenvalue weighted by atomic mass is 9.87. The molecule has 3 N–H and O–H groups in total. The van der Waals surface area contributed by atoms with Crippen LogP contribution < -0.4 is 11.1 Å². The topological polar surface area (TPSA) is 55.1 Å². The van der Waals surface area contributed by atoms with Gasteiger partial charge in [0.05, 0.1) is 11.7 Å². The molecule has 0 saturated heterocycles. The summed E-state index contributed by atoms with van der Waals surface area (Å²) in [4.78, 5) is 11.8. The Bertz CT molecular complexity index is 424. The predicted octanol–water partition coefficient (Wildman–Crippen LogP) is 2.45. The fourth-order valence-corrected chi connectivity index (χ4v) is 1.33. The molecule has 1 rings (SSSR count). The van der Waals surface area contributed by atoms with Gasteiger partial charge < -0.3 is 11.1 Å². The van der Waals surface area contributed by atoms with Gasteiger partial charge in [-0.2, -0.15) is 0 Å². The van der Waals surface area contributed by atoms with Gasteiger partial charge in [0.2, 0.25) is 5.91 Å². The van der Waals surface area contributed by atoms with Crippen LogP contribution in [-0.2, 0) is 4.79 Å². The van der Waals surface area contributed by atoms with Crippen molar-refractivity contribution < 1.29 is 9.18 Å². The van der Waals surface area contributed by atoms with Crippen molar-refractivity contribution in [3.05, 3.63) is 29.6 Å². The number of nitrogens with one attached hydrogen (secondary N) is 1. The van der Waals surface area contributed by atoms with Gasteiger partial charge in [0, 0.05) is 0 Å². The average molecular weight is 238 g/mol. The number of amides is 1. The molecule has 0 aliphatic carbocycles. The van der Waals surface area contributed by atoms with Gasteiger partial charge >= 0.3 is 0 Å². The zero-order valence-corrected chi connectivity index (χ0v) is 10.7. The second kappa shape index (κ2) is 4.84. The van der Waals surface area contributed by atoms with Gasteiger partial charge in [0.25, 0.3) is 0 Å². The van der Waals surface area contributed by atoms with Gasteiger partial charge in [0.15, 0.2) is 0 Å². The number of nitrogens with two attached hydrogens (primary N) is 1. The van der Waals surface area contributed by atoms with E-state index in [1.807, 2.05) is 20.8 Å². The lowest BCUT2D eigenvalue weighted by Crippen LogP contribution is -2.45. The predicted molar refractivity (Wildman–Crippen MR) is 67.2 cm³/mol.